The summed E-state index contributed by atoms with van der Waals surface area (Å²) in [6.45, 7) is 7.79. The average Bonchev–Trinajstić information content (AvgIpc) is 2.92. The Bertz CT molecular complexity index is 705. The Hall–Kier alpha value is -2.37. The van der Waals surface area contributed by atoms with Crippen LogP contribution in [0.25, 0.3) is 11.0 Å². The minimum absolute atomic E-state index is 0.141. The van der Waals surface area contributed by atoms with Crippen LogP contribution in [-0.4, -0.2) is 27.8 Å². The zero-order chi connectivity index (χ0) is 16.3. The molecule has 22 heavy (non-hydrogen) atoms. The number of H-pyrrole nitrogens is 1. The van der Waals surface area contributed by atoms with E-state index in [-0.39, 0.29) is 11.8 Å². The summed E-state index contributed by atoms with van der Waals surface area (Å²) in [5.41, 5.74) is 4.21. The van der Waals surface area contributed by atoms with Crippen molar-refractivity contribution in [3.8, 4) is 0 Å². The maximum absolute atomic E-state index is 11.9. The van der Waals surface area contributed by atoms with Gasteiger partial charge in [0.05, 0.1) is 17.6 Å². The van der Waals surface area contributed by atoms with E-state index >= 15 is 0 Å². The topological polar surface area (TPSA) is 86.9 Å². The van der Waals surface area contributed by atoms with Gasteiger partial charge in [-0.15, -0.1) is 0 Å². The first-order chi connectivity index (χ1) is 10.4. The molecule has 0 aliphatic heterocycles. The second kappa shape index (κ2) is 6.60. The highest BCUT2D eigenvalue weighted by Crippen LogP contribution is 2.19. The van der Waals surface area contributed by atoms with Crippen LogP contribution in [0.5, 0.6) is 0 Å². The van der Waals surface area contributed by atoms with Crippen molar-refractivity contribution >= 4 is 22.8 Å². The van der Waals surface area contributed by atoms with Gasteiger partial charge in [0.25, 0.3) is 0 Å². The summed E-state index contributed by atoms with van der Waals surface area (Å²) in [7, 11) is 0. The number of aromatic amines is 1. The number of aryl methyl sites for hydroxylation is 2. The van der Waals surface area contributed by atoms with Crippen LogP contribution in [0.15, 0.2) is 12.1 Å². The Morgan fingerprint density at radius 1 is 1.32 bits per heavy atom. The van der Waals surface area contributed by atoms with Crippen molar-refractivity contribution in [2.75, 3.05) is 0 Å². The van der Waals surface area contributed by atoms with E-state index in [1.165, 1.54) is 5.56 Å². The molecule has 0 bridgehead atoms. The zero-order valence-electron chi connectivity index (χ0n) is 13.4. The third kappa shape index (κ3) is 3.44. The van der Waals surface area contributed by atoms with Crippen molar-refractivity contribution in [2.24, 2.45) is 0 Å². The standard InChI is InChI=1S/C16H22N4O2/c1-5-14(21)18-11(4)16(22)17-8-13-19-12-7-6-9(2)10(3)15(12)20-13/h6-7,11H,5,8H2,1-4H3,(H,17,22)(H,18,21)(H,19,20). The molecule has 0 saturated carbocycles. The average molecular weight is 302 g/mol. The number of nitrogens with zero attached hydrogens (tertiary/aromatic N) is 1. The number of rotatable bonds is 5. The molecule has 6 heteroatoms. The Balaban J connectivity index is 2.01. The third-order valence-corrected chi connectivity index (χ3v) is 3.75. The number of hydrogen-bond acceptors (Lipinski definition) is 3. The van der Waals surface area contributed by atoms with Gasteiger partial charge in [0, 0.05) is 6.42 Å². The van der Waals surface area contributed by atoms with Crippen LogP contribution in [-0.2, 0) is 16.1 Å². The fourth-order valence-electron chi connectivity index (χ4n) is 2.18. The van der Waals surface area contributed by atoms with Crippen LogP contribution >= 0.6 is 0 Å². The van der Waals surface area contributed by atoms with Gasteiger partial charge in [0.1, 0.15) is 11.9 Å². The Morgan fingerprint density at radius 3 is 2.73 bits per heavy atom. The molecule has 1 unspecified atom stereocenters. The predicted octanol–water partition coefficient (Wildman–Crippen LogP) is 1.71. The maximum Gasteiger partial charge on any atom is 0.242 e. The molecule has 3 N–H and O–H groups in total. The number of fused-ring (bicyclic) bond motifs is 1. The van der Waals surface area contributed by atoms with Crippen molar-refractivity contribution in [1.29, 1.82) is 0 Å². The highest BCUT2D eigenvalue weighted by atomic mass is 16.2. The van der Waals surface area contributed by atoms with Crippen molar-refractivity contribution in [1.82, 2.24) is 20.6 Å². The van der Waals surface area contributed by atoms with Crippen LogP contribution in [0.1, 0.15) is 37.2 Å². The maximum atomic E-state index is 11.9. The largest absolute Gasteiger partial charge is 0.347 e. The molecule has 2 aromatic rings. The molecule has 6 nitrogen and oxygen atoms in total. The fraction of sp³-hybridized carbons (Fsp3) is 0.438. The van der Waals surface area contributed by atoms with Gasteiger partial charge in [0.2, 0.25) is 11.8 Å². The van der Waals surface area contributed by atoms with E-state index in [1.807, 2.05) is 26.0 Å². The molecule has 1 aromatic heterocycles. The van der Waals surface area contributed by atoms with Gasteiger partial charge in [-0.05, 0) is 38.0 Å². The van der Waals surface area contributed by atoms with Gasteiger partial charge in [-0.1, -0.05) is 13.0 Å². The van der Waals surface area contributed by atoms with Crippen molar-refractivity contribution in [3.05, 3.63) is 29.1 Å². The molecular formula is C16H22N4O2. The zero-order valence-corrected chi connectivity index (χ0v) is 13.4. The highest BCUT2D eigenvalue weighted by molar-refractivity contribution is 5.87. The Kier molecular flexibility index (Phi) is 4.80. The summed E-state index contributed by atoms with van der Waals surface area (Å²) in [6, 6.07) is 3.47. The summed E-state index contributed by atoms with van der Waals surface area (Å²) < 4.78 is 0. The van der Waals surface area contributed by atoms with E-state index in [0.29, 0.717) is 18.8 Å². The van der Waals surface area contributed by atoms with Crippen LogP contribution in [0.2, 0.25) is 0 Å². The lowest BCUT2D eigenvalue weighted by Crippen LogP contribution is -2.44. The molecule has 2 amide bonds. The van der Waals surface area contributed by atoms with Gasteiger partial charge in [0.15, 0.2) is 0 Å². The molecule has 1 atom stereocenters. The molecule has 2 rings (SSSR count). The molecule has 0 spiro atoms. The highest BCUT2D eigenvalue weighted by Gasteiger charge is 2.15. The lowest BCUT2D eigenvalue weighted by Gasteiger charge is -2.12. The van der Waals surface area contributed by atoms with Crippen LogP contribution in [0.4, 0.5) is 0 Å². The van der Waals surface area contributed by atoms with Gasteiger partial charge in [-0.2, -0.15) is 0 Å². The lowest BCUT2D eigenvalue weighted by molar-refractivity contribution is -0.128. The number of carbonyl (C=O) groups is 2. The van der Waals surface area contributed by atoms with Crippen LogP contribution < -0.4 is 10.6 Å². The number of amides is 2. The predicted molar refractivity (Wildman–Crippen MR) is 85.3 cm³/mol. The van der Waals surface area contributed by atoms with E-state index in [9.17, 15) is 9.59 Å². The fourth-order valence-corrected chi connectivity index (χ4v) is 2.18. The van der Waals surface area contributed by atoms with E-state index in [1.54, 1.807) is 13.8 Å². The minimum atomic E-state index is -0.555. The molecule has 0 saturated heterocycles. The summed E-state index contributed by atoms with van der Waals surface area (Å²) in [5.74, 6) is 0.332. The summed E-state index contributed by atoms with van der Waals surface area (Å²) in [5, 5.41) is 5.40. The second-order valence-corrected chi connectivity index (χ2v) is 5.45. The molecular weight excluding hydrogens is 280 g/mol. The lowest BCUT2D eigenvalue weighted by atomic mass is 10.1. The van der Waals surface area contributed by atoms with Crippen molar-refractivity contribution < 1.29 is 9.59 Å². The van der Waals surface area contributed by atoms with Gasteiger partial charge >= 0.3 is 0 Å². The van der Waals surface area contributed by atoms with Crippen LogP contribution in [0, 0.1) is 13.8 Å². The molecule has 0 radical (unpaired) electrons. The third-order valence-electron chi connectivity index (χ3n) is 3.75. The number of aromatic nitrogens is 2. The van der Waals surface area contributed by atoms with E-state index < -0.39 is 6.04 Å². The first-order valence-electron chi connectivity index (χ1n) is 7.44. The van der Waals surface area contributed by atoms with Gasteiger partial charge in [-0.3, -0.25) is 9.59 Å². The molecule has 0 aliphatic carbocycles. The van der Waals surface area contributed by atoms with E-state index in [4.69, 9.17) is 0 Å². The number of hydrogen-bond donors (Lipinski definition) is 3. The summed E-state index contributed by atoms with van der Waals surface area (Å²) >= 11 is 0. The van der Waals surface area contributed by atoms with E-state index in [0.717, 1.165) is 16.6 Å². The Morgan fingerprint density at radius 2 is 2.05 bits per heavy atom. The smallest absolute Gasteiger partial charge is 0.242 e. The van der Waals surface area contributed by atoms with Crippen molar-refractivity contribution in [2.45, 2.75) is 46.7 Å². The first kappa shape index (κ1) is 16.0. The number of imidazole rings is 1. The monoisotopic (exact) mass is 302 g/mol. The molecule has 1 heterocycles. The number of nitrogens with one attached hydrogen (secondary N) is 3. The molecule has 0 fully saturated rings. The van der Waals surface area contributed by atoms with Crippen molar-refractivity contribution in [3.63, 3.8) is 0 Å². The van der Waals surface area contributed by atoms with E-state index in [2.05, 4.69) is 20.6 Å². The van der Waals surface area contributed by atoms with Crippen LogP contribution in [0.3, 0.4) is 0 Å². The second-order valence-electron chi connectivity index (χ2n) is 5.45. The SMILES string of the molecule is CCC(=O)NC(C)C(=O)NCc1nc2c(C)c(C)ccc2[nH]1. The summed E-state index contributed by atoms with van der Waals surface area (Å²) in [6.07, 6.45) is 0.361. The molecule has 118 valence electrons. The molecule has 0 aliphatic rings. The molecule has 1 aromatic carbocycles. The number of carbonyl (C=O) groups excluding carboxylic acids is 2. The first-order valence-corrected chi connectivity index (χ1v) is 7.44. The summed E-state index contributed by atoms with van der Waals surface area (Å²) in [4.78, 5) is 30.9. The Labute approximate surface area is 129 Å². The number of benzene rings is 1. The normalized spacial score (nSPS) is 12.2. The quantitative estimate of drug-likeness (QED) is 0.786. The van der Waals surface area contributed by atoms with Gasteiger partial charge in [-0.25, -0.2) is 4.98 Å². The van der Waals surface area contributed by atoms with Gasteiger partial charge < -0.3 is 15.6 Å². The minimum Gasteiger partial charge on any atom is -0.347 e.